The van der Waals surface area contributed by atoms with Crippen molar-refractivity contribution in [2.24, 2.45) is 11.8 Å². The number of furan rings is 1. The van der Waals surface area contributed by atoms with E-state index in [9.17, 15) is 0 Å². The summed E-state index contributed by atoms with van der Waals surface area (Å²) in [4.78, 5) is 0. The molecule has 0 amide bonds. The highest BCUT2D eigenvalue weighted by molar-refractivity contribution is 5.09. The van der Waals surface area contributed by atoms with E-state index in [1.54, 1.807) is 0 Å². The normalized spacial score (nSPS) is 28.4. The van der Waals surface area contributed by atoms with Crippen molar-refractivity contribution in [2.75, 3.05) is 13.1 Å². The maximum atomic E-state index is 5.67. The van der Waals surface area contributed by atoms with Crippen LogP contribution in [0, 0.1) is 11.8 Å². The van der Waals surface area contributed by atoms with Crippen LogP contribution in [0.2, 0.25) is 0 Å². The first kappa shape index (κ1) is 13.7. The summed E-state index contributed by atoms with van der Waals surface area (Å²) in [5, 5.41) is 3.59. The van der Waals surface area contributed by atoms with Crippen LogP contribution in [0.3, 0.4) is 0 Å². The van der Waals surface area contributed by atoms with E-state index in [1.165, 1.54) is 37.9 Å². The van der Waals surface area contributed by atoms with Gasteiger partial charge in [-0.15, -0.1) is 0 Å². The third kappa shape index (κ3) is 3.38. The van der Waals surface area contributed by atoms with E-state index in [4.69, 9.17) is 4.42 Å². The highest BCUT2D eigenvalue weighted by atomic mass is 16.3. The van der Waals surface area contributed by atoms with Gasteiger partial charge in [0.15, 0.2) is 0 Å². The van der Waals surface area contributed by atoms with Crippen LogP contribution in [0.15, 0.2) is 22.8 Å². The Hall–Kier alpha value is -0.760. The standard InChI is InChI=1S/C16H27NO/c1-3-9-17-12-14-8-7-13(4-2)11-15(14)16-6-5-10-18-16/h5-6,10,13-15,17H,3-4,7-9,11-12H2,1-2H3. The van der Waals surface area contributed by atoms with E-state index in [2.05, 4.69) is 25.2 Å². The molecule has 1 aliphatic carbocycles. The molecule has 2 heteroatoms. The Labute approximate surface area is 111 Å². The summed E-state index contributed by atoms with van der Waals surface area (Å²) in [6.07, 6.45) is 8.40. The van der Waals surface area contributed by atoms with E-state index in [-0.39, 0.29) is 0 Å². The van der Waals surface area contributed by atoms with Crippen LogP contribution >= 0.6 is 0 Å². The van der Waals surface area contributed by atoms with Crippen molar-refractivity contribution < 1.29 is 4.42 Å². The molecule has 1 saturated carbocycles. The lowest BCUT2D eigenvalue weighted by molar-refractivity contribution is 0.205. The van der Waals surface area contributed by atoms with E-state index in [0.29, 0.717) is 5.92 Å². The SMILES string of the molecule is CCCNCC1CCC(CC)CC1c1ccco1. The van der Waals surface area contributed by atoms with Crippen LogP contribution in [0.25, 0.3) is 0 Å². The van der Waals surface area contributed by atoms with Gasteiger partial charge in [-0.1, -0.05) is 26.7 Å². The lowest BCUT2D eigenvalue weighted by atomic mass is 9.72. The molecule has 0 spiro atoms. The Morgan fingerprint density at radius 1 is 1.33 bits per heavy atom. The van der Waals surface area contributed by atoms with Gasteiger partial charge in [0.2, 0.25) is 0 Å². The molecule has 0 aliphatic heterocycles. The Morgan fingerprint density at radius 2 is 2.22 bits per heavy atom. The van der Waals surface area contributed by atoms with Crippen molar-refractivity contribution in [1.29, 1.82) is 0 Å². The van der Waals surface area contributed by atoms with Gasteiger partial charge in [0.25, 0.3) is 0 Å². The van der Waals surface area contributed by atoms with Gasteiger partial charge in [0.05, 0.1) is 6.26 Å². The third-order valence-corrected chi connectivity index (χ3v) is 4.42. The lowest BCUT2D eigenvalue weighted by Gasteiger charge is -2.35. The molecule has 0 bridgehead atoms. The van der Waals surface area contributed by atoms with Crippen LogP contribution in [-0.2, 0) is 0 Å². The predicted octanol–water partition coefficient (Wildman–Crippen LogP) is 4.19. The summed E-state index contributed by atoms with van der Waals surface area (Å²) in [7, 11) is 0. The molecule has 1 N–H and O–H groups in total. The first-order valence-corrected chi connectivity index (χ1v) is 7.59. The molecule has 1 aromatic rings. The minimum absolute atomic E-state index is 0.628. The second-order valence-corrected chi connectivity index (χ2v) is 5.67. The van der Waals surface area contributed by atoms with Crippen molar-refractivity contribution in [1.82, 2.24) is 5.32 Å². The number of rotatable bonds is 6. The first-order valence-electron chi connectivity index (χ1n) is 7.59. The van der Waals surface area contributed by atoms with Crippen molar-refractivity contribution in [2.45, 2.75) is 51.9 Å². The van der Waals surface area contributed by atoms with Crippen molar-refractivity contribution in [3.63, 3.8) is 0 Å². The highest BCUT2D eigenvalue weighted by Crippen LogP contribution is 2.41. The maximum absolute atomic E-state index is 5.67. The Kier molecular flexibility index (Phi) is 5.30. The van der Waals surface area contributed by atoms with Crippen LogP contribution in [0.4, 0.5) is 0 Å². The molecule has 1 fully saturated rings. The molecule has 0 radical (unpaired) electrons. The fraction of sp³-hybridized carbons (Fsp3) is 0.750. The molecule has 0 aromatic carbocycles. The maximum Gasteiger partial charge on any atom is 0.107 e. The van der Waals surface area contributed by atoms with Gasteiger partial charge in [0, 0.05) is 5.92 Å². The van der Waals surface area contributed by atoms with Gasteiger partial charge in [-0.2, -0.15) is 0 Å². The Morgan fingerprint density at radius 3 is 2.89 bits per heavy atom. The van der Waals surface area contributed by atoms with Crippen LogP contribution in [0.5, 0.6) is 0 Å². The van der Waals surface area contributed by atoms with E-state index in [1.807, 2.05) is 12.3 Å². The summed E-state index contributed by atoms with van der Waals surface area (Å²) in [6, 6.07) is 4.19. The summed E-state index contributed by atoms with van der Waals surface area (Å²) >= 11 is 0. The van der Waals surface area contributed by atoms with Crippen molar-refractivity contribution in [3.8, 4) is 0 Å². The molecule has 3 unspecified atom stereocenters. The zero-order valence-corrected chi connectivity index (χ0v) is 11.8. The molecule has 102 valence electrons. The minimum Gasteiger partial charge on any atom is -0.469 e. The van der Waals surface area contributed by atoms with E-state index < -0.39 is 0 Å². The topological polar surface area (TPSA) is 25.2 Å². The highest BCUT2D eigenvalue weighted by Gasteiger charge is 2.32. The van der Waals surface area contributed by atoms with Gasteiger partial charge < -0.3 is 9.73 Å². The second kappa shape index (κ2) is 6.98. The fourth-order valence-electron chi connectivity index (χ4n) is 3.25. The molecule has 18 heavy (non-hydrogen) atoms. The van der Waals surface area contributed by atoms with E-state index in [0.717, 1.165) is 24.9 Å². The molecule has 2 rings (SSSR count). The number of hydrogen-bond acceptors (Lipinski definition) is 2. The number of hydrogen-bond donors (Lipinski definition) is 1. The third-order valence-electron chi connectivity index (χ3n) is 4.42. The monoisotopic (exact) mass is 249 g/mol. The van der Waals surface area contributed by atoms with Gasteiger partial charge >= 0.3 is 0 Å². The van der Waals surface area contributed by atoms with Gasteiger partial charge in [0.1, 0.15) is 5.76 Å². The predicted molar refractivity (Wildman–Crippen MR) is 75.7 cm³/mol. The van der Waals surface area contributed by atoms with Crippen molar-refractivity contribution >= 4 is 0 Å². The molecule has 0 saturated heterocycles. The molecular formula is C16H27NO. The van der Waals surface area contributed by atoms with Gasteiger partial charge in [-0.3, -0.25) is 0 Å². The summed E-state index contributed by atoms with van der Waals surface area (Å²) in [6.45, 7) is 6.83. The average Bonchev–Trinajstić information content (AvgIpc) is 2.93. The lowest BCUT2D eigenvalue weighted by Crippen LogP contribution is -2.32. The quantitative estimate of drug-likeness (QED) is 0.765. The van der Waals surface area contributed by atoms with Crippen LogP contribution in [0.1, 0.15) is 57.6 Å². The first-order chi connectivity index (χ1) is 8.85. The molecule has 2 nitrogen and oxygen atoms in total. The molecule has 1 heterocycles. The second-order valence-electron chi connectivity index (χ2n) is 5.67. The minimum atomic E-state index is 0.628. The van der Waals surface area contributed by atoms with Crippen LogP contribution < -0.4 is 5.32 Å². The zero-order valence-electron chi connectivity index (χ0n) is 11.8. The average molecular weight is 249 g/mol. The zero-order chi connectivity index (χ0) is 12.8. The molecule has 3 atom stereocenters. The van der Waals surface area contributed by atoms with Crippen molar-refractivity contribution in [3.05, 3.63) is 24.2 Å². The molecule has 1 aliphatic rings. The summed E-state index contributed by atoms with van der Waals surface area (Å²) < 4.78 is 5.67. The largest absolute Gasteiger partial charge is 0.469 e. The number of nitrogens with one attached hydrogen (secondary N) is 1. The summed E-state index contributed by atoms with van der Waals surface area (Å²) in [5.41, 5.74) is 0. The fourth-order valence-corrected chi connectivity index (χ4v) is 3.25. The molecular weight excluding hydrogens is 222 g/mol. The Balaban J connectivity index is 1.98. The Bertz CT molecular complexity index is 318. The van der Waals surface area contributed by atoms with E-state index >= 15 is 0 Å². The summed E-state index contributed by atoms with van der Waals surface area (Å²) in [5.74, 6) is 3.48. The van der Waals surface area contributed by atoms with Gasteiger partial charge in [-0.25, -0.2) is 0 Å². The smallest absolute Gasteiger partial charge is 0.107 e. The van der Waals surface area contributed by atoms with Gasteiger partial charge in [-0.05, 0) is 56.3 Å². The molecule has 1 aromatic heterocycles. The van der Waals surface area contributed by atoms with Crippen LogP contribution in [-0.4, -0.2) is 13.1 Å².